The summed E-state index contributed by atoms with van der Waals surface area (Å²) in [6, 6.07) is 6.33. The van der Waals surface area contributed by atoms with Gasteiger partial charge in [-0.15, -0.1) is 8.78 Å². The largest absolute Gasteiger partial charge is 0.586 e. The van der Waals surface area contributed by atoms with Gasteiger partial charge in [-0.3, -0.25) is 0 Å². The van der Waals surface area contributed by atoms with Crippen LogP contribution in [0.3, 0.4) is 0 Å². The van der Waals surface area contributed by atoms with E-state index in [0.29, 0.717) is 29.4 Å². The van der Waals surface area contributed by atoms with Gasteiger partial charge < -0.3 is 14.8 Å². The number of aromatic nitrogens is 1. The number of fused-ring (bicyclic) bond motifs is 1. The number of allylic oxidation sites excluding steroid dienone is 1. The Morgan fingerprint density at radius 1 is 1.22 bits per heavy atom. The number of alkyl halides is 2. The predicted molar refractivity (Wildman–Crippen MR) is 95.1 cm³/mol. The molecule has 27 heavy (non-hydrogen) atoms. The average molecular weight is 393 g/mol. The number of halogens is 3. The van der Waals surface area contributed by atoms with E-state index in [9.17, 15) is 13.6 Å². The number of carbonyl (C=O) groups excluding carboxylic acids is 1. The number of rotatable bonds is 4. The third kappa shape index (κ3) is 3.03. The van der Waals surface area contributed by atoms with Crippen LogP contribution in [0.25, 0.3) is 0 Å². The molecular weight excluding hydrogens is 378 g/mol. The minimum absolute atomic E-state index is 0.0354. The second-order valence-electron chi connectivity index (χ2n) is 6.75. The summed E-state index contributed by atoms with van der Waals surface area (Å²) in [5.74, 6) is 2.28. The molecule has 1 saturated carbocycles. The fourth-order valence-corrected chi connectivity index (χ4v) is 3.43. The Balaban J connectivity index is 1.65. The number of nitrogens with one attached hydrogen (secondary N) is 1. The van der Waals surface area contributed by atoms with Crippen molar-refractivity contribution in [2.75, 3.05) is 5.32 Å². The second-order valence-corrected chi connectivity index (χ2v) is 7.11. The molecule has 0 atom stereocenters. The van der Waals surface area contributed by atoms with Gasteiger partial charge in [0.15, 0.2) is 11.5 Å². The van der Waals surface area contributed by atoms with Crippen LogP contribution in [0, 0.1) is 13.8 Å². The molecule has 1 aliphatic heterocycles. The van der Waals surface area contributed by atoms with Gasteiger partial charge in [0, 0.05) is 5.41 Å². The zero-order chi connectivity index (χ0) is 19.4. The van der Waals surface area contributed by atoms with Crippen molar-refractivity contribution < 1.29 is 23.0 Å². The van der Waals surface area contributed by atoms with Gasteiger partial charge in [-0.05, 0) is 61.6 Å². The second kappa shape index (κ2) is 5.94. The van der Waals surface area contributed by atoms with E-state index < -0.39 is 11.7 Å². The van der Waals surface area contributed by atoms with Gasteiger partial charge in [-0.1, -0.05) is 17.7 Å². The van der Waals surface area contributed by atoms with Gasteiger partial charge in [0.1, 0.15) is 22.6 Å². The molecule has 0 radical (unpaired) electrons. The molecule has 140 valence electrons. The Morgan fingerprint density at radius 3 is 2.56 bits per heavy atom. The van der Waals surface area contributed by atoms with E-state index in [1.165, 1.54) is 12.1 Å². The van der Waals surface area contributed by atoms with Crippen molar-refractivity contribution in [3.63, 3.8) is 0 Å². The molecule has 2 heterocycles. The summed E-state index contributed by atoms with van der Waals surface area (Å²) in [5, 5.41) is 3.35. The van der Waals surface area contributed by atoms with Gasteiger partial charge in [-0.25, -0.2) is 9.78 Å². The van der Waals surface area contributed by atoms with Gasteiger partial charge in [0.05, 0.1) is 0 Å². The molecule has 1 N–H and O–H groups in total. The van der Waals surface area contributed by atoms with Gasteiger partial charge in [0.2, 0.25) is 0 Å². The highest BCUT2D eigenvalue weighted by Crippen LogP contribution is 2.55. The molecule has 1 fully saturated rings. The van der Waals surface area contributed by atoms with E-state index in [1.54, 1.807) is 12.1 Å². The molecule has 1 aliphatic carbocycles. The van der Waals surface area contributed by atoms with Crippen LogP contribution in [0.15, 0.2) is 30.0 Å². The summed E-state index contributed by atoms with van der Waals surface area (Å²) in [4.78, 5) is 15.9. The molecule has 1 aromatic carbocycles. The first-order valence-corrected chi connectivity index (χ1v) is 8.69. The Morgan fingerprint density at radius 2 is 1.93 bits per heavy atom. The number of nitrogens with zero attached hydrogens (tertiary/aromatic N) is 1. The summed E-state index contributed by atoms with van der Waals surface area (Å²) in [6.07, 6.45) is -2.35. The van der Waals surface area contributed by atoms with E-state index in [2.05, 4.69) is 19.8 Å². The molecule has 8 heteroatoms. The number of aryl methyl sites for hydroxylation is 1. The third-order valence-electron chi connectivity index (χ3n) is 5.01. The zero-order valence-electron chi connectivity index (χ0n) is 14.5. The summed E-state index contributed by atoms with van der Waals surface area (Å²) in [7, 11) is 0. The topological polar surface area (TPSA) is 60.5 Å². The molecule has 2 aromatic rings. The molecule has 4 rings (SSSR count). The van der Waals surface area contributed by atoms with E-state index >= 15 is 0 Å². The standard InChI is InChI=1S/C19H15ClF2N2O3/c1-10-7-16(24-17(20)11(10)2)23-15(9-25)18(5-6-18)12-3-4-13-14(8-12)27-19(21,22)26-13/h3-4,7-8H,5-6H2,1-2H3,(H,23,24). The lowest BCUT2D eigenvalue weighted by Crippen LogP contribution is -2.26. The maximum atomic E-state index is 13.3. The van der Waals surface area contributed by atoms with E-state index in [1.807, 2.05) is 19.8 Å². The lowest BCUT2D eigenvalue weighted by atomic mass is 9.92. The molecular formula is C19H15ClF2N2O3. The van der Waals surface area contributed by atoms with E-state index in [4.69, 9.17) is 11.6 Å². The normalized spacial score (nSPS) is 18.0. The van der Waals surface area contributed by atoms with Crippen molar-refractivity contribution in [2.24, 2.45) is 0 Å². The Labute approximate surface area is 158 Å². The fraction of sp³-hybridized carbons (Fsp3) is 0.316. The number of hydrogen-bond donors (Lipinski definition) is 1. The molecule has 2 aliphatic rings. The SMILES string of the molecule is Cc1cc(NC(=C=O)C2(c3ccc4c(c3)OC(F)(F)O4)CC2)nc(Cl)c1C. The van der Waals surface area contributed by atoms with Gasteiger partial charge in [-0.2, -0.15) is 0 Å². The summed E-state index contributed by atoms with van der Waals surface area (Å²) in [6.45, 7) is 3.75. The van der Waals surface area contributed by atoms with Crippen molar-refractivity contribution in [2.45, 2.75) is 38.4 Å². The van der Waals surface area contributed by atoms with Crippen LogP contribution in [-0.4, -0.2) is 17.2 Å². The zero-order valence-corrected chi connectivity index (χ0v) is 15.3. The molecule has 0 unspecified atom stereocenters. The van der Waals surface area contributed by atoms with Gasteiger partial charge >= 0.3 is 6.29 Å². The van der Waals surface area contributed by atoms with Crippen molar-refractivity contribution in [3.8, 4) is 11.5 Å². The number of hydrogen-bond acceptors (Lipinski definition) is 5. The summed E-state index contributed by atoms with van der Waals surface area (Å²) < 4.78 is 35.5. The summed E-state index contributed by atoms with van der Waals surface area (Å²) in [5.41, 5.74) is 2.09. The number of pyridine rings is 1. The van der Waals surface area contributed by atoms with Crippen LogP contribution in [0.4, 0.5) is 14.6 Å². The average Bonchev–Trinajstić information content (AvgIpc) is 3.34. The molecule has 0 amide bonds. The highest BCUT2D eigenvalue weighted by molar-refractivity contribution is 6.30. The Bertz CT molecular complexity index is 975. The van der Waals surface area contributed by atoms with E-state index in [0.717, 1.165) is 11.1 Å². The quantitative estimate of drug-likeness (QED) is 0.611. The number of ether oxygens (including phenoxy) is 2. The molecule has 0 bridgehead atoms. The minimum atomic E-state index is -3.68. The third-order valence-corrected chi connectivity index (χ3v) is 5.38. The van der Waals surface area contributed by atoms with Crippen LogP contribution in [0.5, 0.6) is 11.5 Å². The van der Waals surface area contributed by atoms with Crippen molar-refractivity contribution in [1.29, 1.82) is 0 Å². The molecule has 0 saturated heterocycles. The predicted octanol–water partition coefficient (Wildman–Crippen LogP) is 4.53. The maximum Gasteiger partial charge on any atom is 0.586 e. The molecule has 0 spiro atoms. The Hall–Kier alpha value is -2.63. The smallest absolute Gasteiger partial charge is 0.395 e. The van der Waals surface area contributed by atoms with Crippen molar-refractivity contribution in [3.05, 3.63) is 51.8 Å². The highest BCUT2D eigenvalue weighted by atomic mass is 35.5. The van der Waals surface area contributed by atoms with Crippen LogP contribution in [-0.2, 0) is 10.2 Å². The monoisotopic (exact) mass is 392 g/mol. The van der Waals surface area contributed by atoms with E-state index in [-0.39, 0.29) is 17.2 Å². The number of benzene rings is 1. The summed E-state index contributed by atoms with van der Waals surface area (Å²) >= 11 is 6.12. The lowest BCUT2D eigenvalue weighted by molar-refractivity contribution is -0.286. The first-order chi connectivity index (χ1) is 12.7. The molecule has 1 aromatic heterocycles. The maximum absolute atomic E-state index is 13.3. The van der Waals surface area contributed by atoms with Gasteiger partial charge in [0.25, 0.3) is 0 Å². The van der Waals surface area contributed by atoms with Crippen molar-refractivity contribution >= 4 is 23.4 Å². The van der Waals surface area contributed by atoms with Crippen LogP contribution in [0.2, 0.25) is 5.15 Å². The van der Waals surface area contributed by atoms with Crippen LogP contribution >= 0.6 is 11.6 Å². The van der Waals surface area contributed by atoms with Crippen LogP contribution < -0.4 is 14.8 Å². The Kier molecular flexibility index (Phi) is 3.91. The first-order valence-electron chi connectivity index (χ1n) is 8.31. The fourth-order valence-electron chi connectivity index (χ4n) is 3.19. The first kappa shape index (κ1) is 17.8. The minimum Gasteiger partial charge on any atom is -0.395 e. The highest BCUT2D eigenvalue weighted by Gasteiger charge is 2.51. The number of anilines is 1. The molecule has 5 nitrogen and oxygen atoms in total. The lowest BCUT2D eigenvalue weighted by Gasteiger charge is -2.19. The van der Waals surface area contributed by atoms with Crippen LogP contribution in [0.1, 0.15) is 29.5 Å². The van der Waals surface area contributed by atoms with Crippen molar-refractivity contribution in [1.82, 2.24) is 4.98 Å².